The van der Waals surface area contributed by atoms with Gasteiger partial charge in [0.15, 0.2) is 0 Å². The van der Waals surface area contributed by atoms with Crippen LogP contribution in [0.2, 0.25) is 0 Å². The number of hydrogen-bond acceptors (Lipinski definition) is 8. The zero-order valence-electron chi connectivity index (χ0n) is 15.3. The first-order chi connectivity index (χ1) is 12.3. The molecule has 0 radical (unpaired) electrons. The lowest BCUT2D eigenvalue weighted by Crippen LogP contribution is -2.44. The summed E-state index contributed by atoms with van der Waals surface area (Å²) in [5.41, 5.74) is -0.232. The maximum atomic E-state index is 12.2. The number of nitrogens with zero attached hydrogens (tertiary/aromatic N) is 4. The predicted molar refractivity (Wildman–Crippen MR) is 96.0 cm³/mol. The number of rotatable bonds is 7. The van der Waals surface area contributed by atoms with Crippen molar-refractivity contribution in [3.63, 3.8) is 0 Å². The first-order valence-corrected chi connectivity index (χ1v) is 8.67. The molecule has 1 aromatic carbocycles. The van der Waals surface area contributed by atoms with Crippen molar-refractivity contribution in [2.24, 2.45) is 0 Å². The Morgan fingerprint density at radius 1 is 1.27 bits per heavy atom. The van der Waals surface area contributed by atoms with E-state index in [9.17, 15) is 4.79 Å². The summed E-state index contributed by atoms with van der Waals surface area (Å²) in [6, 6.07) is 7.32. The minimum atomic E-state index is -0.880. The van der Waals surface area contributed by atoms with Gasteiger partial charge in [0.25, 0.3) is 5.22 Å². The van der Waals surface area contributed by atoms with Gasteiger partial charge in [-0.1, -0.05) is 11.8 Å². The normalized spacial score (nSPS) is 10.9. The van der Waals surface area contributed by atoms with Gasteiger partial charge in [-0.2, -0.15) is 5.26 Å². The van der Waals surface area contributed by atoms with E-state index >= 15 is 0 Å². The van der Waals surface area contributed by atoms with E-state index in [2.05, 4.69) is 16.3 Å². The SMILES string of the molecule is COc1cc(OC)cc(-c2nnc(SCC(=O)N(C)C(C)(C)C#N)o2)c1. The maximum absolute atomic E-state index is 12.2. The molecule has 0 N–H and O–H groups in total. The quantitative estimate of drug-likeness (QED) is 0.680. The van der Waals surface area contributed by atoms with E-state index in [1.807, 2.05) is 0 Å². The predicted octanol–water partition coefficient (Wildman–Crippen LogP) is 2.61. The number of hydrogen-bond donors (Lipinski definition) is 0. The zero-order valence-corrected chi connectivity index (χ0v) is 16.1. The Bertz CT molecular complexity index is 806. The molecule has 0 spiro atoms. The smallest absolute Gasteiger partial charge is 0.277 e. The molecule has 0 saturated carbocycles. The lowest BCUT2D eigenvalue weighted by Gasteiger charge is -2.28. The number of thioether (sulfide) groups is 1. The van der Waals surface area contributed by atoms with Gasteiger partial charge in [-0.25, -0.2) is 0 Å². The molecule has 2 rings (SSSR count). The van der Waals surface area contributed by atoms with E-state index < -0.39 is 5.54 Å². The Morgan fingerprint density at radius 2 is 1.88 bits per heavy atom. The Morgan fingerprint density at radius 3 is 2.42 bits per heavy atom. The van der Waals surface area contributed by atoms with Crippen molar-refractivity contribution >= 4 is 17.7 Å². The zero-order chi connectivity index (χ0) is 19.3. The molecule has 0 bridgehead atoms. The lowest BCUT2D eigenvalue weighted by atomic mass is 10.1. The van der Waals surface area contributed by atoms with Crippen LogP contribution in [0, 0.1) is 11.3 Å². The fourth-order valence-electron chi connectivity index (χ4n) is 1.92. The second kappa shape index (κ2) is 8.10. The highest BCUT2D eigenvalue weighted by Gasteiger charge is 2.27. The molecule has 1 aromatic heterocycles. The molecule has 1 heterocycles. The van der Waals surface area contributed by atoms with Crippen molar-refractivity contribution in [1.82, 2.24) is 15.1 Å². The molecule has 8 nitrogen and oxygen atoms in total. The molecule has 138 valence electrons. The largest absolute Gasteiger partial charge is 0.497 e. The van der Waals surface area contributed by atoms with Gasteiger partial charge < -0.3 is 18.8 Å². The first kappa shape index (κ1) is 19.6. The Hall–Kier alpha value is -2.73. The van der Waals surface area contributed by atoms with Crippen molar-refractivity contribution in [3.05, 3.63) is 18.2 Å². The van der Waals surface area contributed by atoms with Crippen LogP contribution in [0.1, 0.15) is 13.8 Å². The monoisotopic (exact) mass is 376 g/mol. The summed E-state index contributed by atoms with van der Waals surface area (Å²) < 4.78 is 16.0. The van der Waals surface area contributed by atoms with Crippen LogP contribution in [0.5, 0.6) is 11.5 Å². The van der Waals surface area contributed by atoms with Crippen molar-refractivity contribution in [1.29, 1.82) is 5.26 Å². The molecule has 0 aliphatic rings. The molecule has 9 heteroatoms. The number of benzene rings is 1. The number of carbonyl (C=O) groups is 1. The van der Waals surface area contributed by atoms with Gasteiger partial charge in [0.1, 0.15) is 17.0 Å². The molecule has 0 aliphatic heterocycles. The number of ether oxygens (including phenoxy) is 2. The Kier molecular flexibility index (Phi) is 6.10. The van der Waals surface area contributed by atoms with Gasteiger partial charge in [-0.15, -0.1) is 10.2 Å². The van der Waals surface area contributed by atoms with E-state index in [0.717, 1.165) is 11.8 Å². The van der Waals surface area contributed by atoms with E-state index in [1.54, 1.807) is 53.3 Å². The molecule has 0 aliphatic carbocycles. The molecule has 0 unspecified atom stereocenters. The van der Waals surface area contributed by atoms with Crippen LogP contribution in [-0.4, -0.2) is 53.6 Å². The summed E-state index contributed by atoms with van der Waals surface area (Å²) in [7, 11) is 4.70. The van der Waals surface area contributed by atoms with Gasteiger partial charge in [0, 0.05) is 18.7 Å². The Labute approximate surface area is 156 Å². The number of methoxy groups -OCH3 is 2. The fraction of sp³-hybridized carbons (Fsp3) is 0.412. The van der Waals surface area contributed by atoms with Crippen LogP contribution < -0.4 is 9.47 Å². The standard InChI is InChI=1S/C17H20N4O4S/c1-17(2,10-18)21(3)14(22)9-26-16-20-19-15(25-16)11-6-12(23-4)8-13(7-11)24-5/h6-8H,9H2,1-5H3. The van der Waals surface area contributed by atoms with Crippen LogP contribution >= 0.6 is 11.8 Å². The Balaban J connectivity index is 2.09. The molecular weight excluding hydrogens is 356 g/mol. The van der Waals surface area contributed by atoms with Crippen LogP contribution in [0.3, 0.4) is 0 Å². The molecule has 0 saturated heterocycles. The van der Waals surface area contributed by atoms with Crippen molar-refractivity contribution < 1.29 is 18.7 Å². The third-order valence-electron chi connectivity index (χ3n) is 3.81. The number of nitriles is 1. The van der Waals surface area contributed by atoms with E-state index in [4.69, 9.17) is 19.2 Å². The van der Waals surface area contributed by atoms with E-state index in [0.29, 0.717) is 23.0 Å². The highest BCUT2D eigenvalue weighted by atomic mass is 32.2. The molecule has 0 atom stereocenters. The topological polar surface area (TPSA) is 101 Å². The van der Waals surface area contributed by atoms with Crippen LogP contribution in [-0.2, 0) is 4.79 Å². The van der Waals surface area contributed by atoms with Crippen LogP contribution in [0.4, 0.5) is 0 Å². The summed E-state index contributed by atoms with van der Waals surface area (Å²) >= 11 is 1.12. The molecule has 2 aromatic rings. The number of aromatic nitrogens is 2. The first-order valence-electron chi connectivity index (χ1n) is 7.68. The summed E-state index contributed by atoms with van der Waals surface area (Å²) in [6.07, 6.45) is 0. The number of amides is 1. The maximum Gasteiger partial charge on any atom is 0.277 e. The summed E-state index contributed by atoms with van der Waals surface area (Å²) in [5, 5.41) is 17.3. The number of carbonyl (C=O) groups excluding carboxylic acids is 1. The average Bonchev–Trinajstić information content (AvgIpc) is 3.13. The van der Waals surface area contributed by atoms with E-state index in [1.165, 1.54) is 4.90 Å². The fourth-order valence-corrected chi connectivity index (χ4v) is 2.60. The molecule has 0 fully saturated rings. The minimum absolute atomic E-state index is 0.0880. The summed E-state index contributed by atoms with van der Waals surface area (Å²) in [5.74, 6) is 1.38. The van der Waals surface area contributed by atoms with Gasteiger partial charge in [-0.3, -0.25) is 4.79 Å². The van der Waals surface area contributed by atoms with Gasteiger partial charge in [0.05, 0.1) is 26.0 Å². The summed E-state index contributed by atoms with van der Waals surface area (Å²) in [6.45, 7) is 3.35. The van der Waals surface area contributed by atoms with Crippen LogP contribution in [0.25, 0.3) is 11.5 Å². The lowest BCUT2D eigenvalue weighted by molar-refractivity contribution is -0.130. The van der Waals surface area contributed by atoms with Gasteiger partial charge in [0.2, 0.25) is 11.8 Å². The third-order valence-corrected chi connectivity index (χ3v) is 4.61. The van der Waals surface area contributed by atoms with Crippen molar-refractivity contribution in [2.45, 2.75) is 24.6 Å². The molecule has 26 heavy (non-hydrogen) atoms. The second-order valence-electron chi connectivity index (χ2n) is 5.89. The molecule has 1 amide bonds. The third kappa shape index (κ3) is 4.46. The van der Waals surface area contributed by atoms with Gasteiger partial charge >= 0.3 is 0 Å². The second-order valence-corrected chi connectivity index (χ2v) is 6.81. The minimum Gasteiger partial charge on any atom is -0.497 e. The summed E-state index contributed by atoms with van der Waals surface area (Å²) in [4.78, 5) is 13.6. The molecular formula is C17H20N4O4S. The van der Waals surface area contributed by atoms with Crippen molar-refractivity contribution in [2.75, 3.05) is 27.0 Å². The highest BCUT2D eigenvalue weighted by Crippen LogP contribution is 2.30. The van der Waals surface area contributed by atoms with E-state index in [-0.39, 0.29) is 16.9 Å². The van der Waals surface area contributed by atoms with Gasteiger partial charge in [-0.05, 0) is 26.0 Å². The van der Waals surface area contributed by atoms with Crippen molar-refractivity contribution in [3.8, 4) is 29.0 Å². The van der Waals surface area contributed by atoms with Crippen LogP contribution in [0.15, 0.2) is 27.8 Å². The average molecular weight is 376 g/mol. The highest BCUT2D eigenvalue weighted by molar-refractivity contribution is 7.99.